The summed E-state index contributed by atoms with van der Waals surface area (Å²) in [6.45, 7) is 0. The van der Waals surface area contributed by atoms with E-state index in [4.69, 9.17) is 9.84 Å². The van der Waals surface area contributed by atoms with E-state index in [0.717, 1.165) is 0 Å². The lowest BCUT2D eigenvalue weighted by Gasteiger charge is -2.26. The lowest BCUT2D eigenvalue weighted by atomic mass is 10.1. The van der Waals surface area contributed by atoms with Crippen molar-refractivity contribution in [1.82, 2.24) is 0 Å². The number of benzene rings is 1. The predicted molar refractivity (Wildman–Crippen MR) is 61.3 cm³/mol. The number of nitrogens with one attached hydrogen (secondary N) is 2. The molecule has 1 unspecified atom stereocenters. The molecule has 0 radical (unpaired) electrons. The SMILES string of the molecule is COc1cccc2c1NC(=O)C(CC(=O)O)N2. The quantitative estimate of drug-likeness (QED) is 0.725. The Morgan fingerprint density at radius 3 is 2.94 bits per heavy atom. The number of carboxylic acids is 1. The summed E-state index contributed by atoms with van der Waals surface area (Å²) in [7, 11) is 1.51. The van der Waals surface area contributed by atoms with Gasteiger partial charge in [-0.3, -0.25) is 9.59 Å². The maximum Gasteiger partial charge on any atom is 0.305 e. The summed E-state index contributed by atoms with van der Waals surface area (Å²) in [5, 5.41) is 14.2. The molecule has 1 heterocycles. The third-order valence-electron chi connectivity index (χ3n) is 2.52. The number of hydrogen-bond acceptors (Lipinski definition) is 4. The number of fused-ring (bicyclic) bond motifs is 1. The molecule has 0 aliphatic carbocycles. The summed E-state index contributed by atoms with van der Waals surface area (Å²) < 4.78 is 5.11. The normalized spacial score (nSPS) is 17.7. The number of rotatable bonds is 3. The minimum atomic E-state index is -1.02. The molecule has 6 heteroatoms. The van der Waals surface area contributed by atoms with Crippen LogP contribution in [0, 0.1) is 0 Å². The van der Waals surface area contributed by atoms with E-state index in [9.17, 15) is 9.59 Å². The van der Waals surface area contributed by atoms with Gasteiger partial charge in [0.15, 0.2) is 0 Å². The molecule has 0 fully saturated rings. The number of ether oxygens (including phenoxy) is 1. The smallest absolute Gasteiger partial charge is 0.305 e. The summed E-state index contributed by atoms with van der Waals surface area (Å²) in [5.74, 6) is -0.856. The predicted octanol–water partition coefficient (Wildman–Crippen LogP) is 0.902. The van der Waals surface area contributed by atoms with Gasteiger partial charge in [-0.15, -0.1) is 0 Å². The highest BCUT2D eigenvalue weighted by molar-refractivity contribution is 6.05. The largest absolute Gasteiger partial charge is 0.494 e. The molecule has 2 rings (SSSR count). The second kappa shape index (κ2) is 4.32. The van der Waals surface area contributed by atoms with E-state index in [1.165, 1.54) is 7.11 Å². The van der Waals surface area contributed by atoms with Crippen molar-refractivity contribution in [3.63, 3.8) is 0 Å². The molecular formula is C11H12N2O4. The van der Waals surface area contributed by atoms with Gasteiger partial charge in [-0.1, -0.05) is 6.07 Å². The first-order valence-electron chi connectivity index (χ1n) is 5.08. The van der Waals surface area contributed by atoms with Crippen molar-refractivity contribution < 1.29 is 19.4 Å². The van der Waals surface area contributed by atoms with Crippen LogP contribution in [0.15, 0.2) is 18.2 Å². The zero-order valence-corrected chi connectivity index (χ0v) is 9.19. The molecule has 1 amide bonds. The summed E-state index contributed by atoms with van der Waals surface area (Å²) in [4.78, 5) is 22.3. The summed E-state index contributed by atoms with van der Waals surface area (Å²) in [6, 6.07) is 4.48. The molecule has 1 aromatic rings. The van der Waals surface area contributed by atoms with E-state index in [0.29, 0.717) is 17.1 Å². The Morgan fingerprint density at radius 1 is 1.53 bits per heavy atom. The van der Waals surface area contributed by atoms with Gasteiger partial charge < -0.3 is 20.5 Å². The van der Waals surface area contributed by atoms with Gasteiger partial charge in [-0.05, 0) is 12.1 Å². The van der Waals surface area contributed by atoms with E-state index >= 15 is 0 Å². The number of hydrogen-bond donors (Lipinski definition) is 3. The molecule has 0 spiro atoms. The standard InChI is InChI=1S/C11H12N2O4/c1-17-8-4-2-3-6-10(8)13-11(16)7(12-6)5-9(14)15/h2-4,7,12H,5H2,1H3,(H,13,16)(H,14,15). The summed E-state index contributed by atoms with van der Waals surface area (Å²) >= 11 is 0. The molecule has 6 nitrogen and oxygen atoms in total. The van der Waals surface area contributed by atoms with Crippen LogP contribution in [0.3, 0.4) is 0 Å². The van der Waals surface area contributed by atoms with Gasteiger partial charge in [-0.2, -0.15) is 0 Å². The first-order chi connectivity index (χ1) is 8.11. The second-order valence-electron chi connectivity index (χ2n) is 3.67. The van der Waals surface area contributed by atoms with E-state index in [-0.39, 0.29) is 12.3 Å². The molecule has 1 aromatic carbocycles. The van der Waals surface area contributed by atoms with E-state index < -0.39 is 12.0 Å². The minimum absolute atomic E-state index is 0.261. The van der Waals surface area contributed by atoms with Crippen molar-refractivity contribution in [1.29, 1.82) is 0 Å². The first-order valence-corrected chi connectivity index (χ1v) is 5.08. The number of carboxylic acid groups (broad SMARTS) is 1. The van der Waals surface area contributed by atoms with Crippen LogP contribution in [0.25, 0.3) is 0 Å². The van der Waals surface area contributed by atoms with Crippen LogP contribution in [0.4, 0.5) is 11.4 Å². The van der Waals surface area contributed by atoms with Crippen molar-refractivity contribution in [2.24, 2.45) is 0 Å². The molecule has 3 N–H and O–H groups in total. The fourth-order valence-electron chi connectivity index (χ4n) is 1.73. The third-order valence-corrected chi connectivity index (χ3v) is 2.52. The lowest BCUT2D eigenvalue weighted by molar-refractivity contribution is -0.138. The van der Waals surface area contributed by atoms with E-state index in [2.05, 4.69) is 10.6 Å². The summed E-state index contributed by atoms with van der Waals surface area (Å²) in [6.07, 6.45) is -0.261. The fourth-order valence-corrected chi connectivity index (χ4v) is 1.73. The minimum Gasteiger partial charge on any atom is -0.494 e. The van der Waals surface area contributed by atoms with Crippen LogP contribution in [-0.2, 0) is 9.59 Å². The molecule has 0 aromatic heterocycles. The zero-order valence-electron chi connectivity index (χ0n) is 9.19. The number of carbonyl (C=O) groups excluding carboxylic acids is 1. The van der Waals surface area contributed by atoms with Gasteiger partial charge in [-0.25, -0.2) is 0 Å². The monoisotopic (exact) mass is 236 g/mol. The molecule has 90 valence electrons. The van der Waals surface area contributed by atoms with Crippen LogP contribution in [-0.4, -0.2) is 30.1 Å². The highest BCUT2D eigenvalue weighted by Crippen LogP contribution is 2.35. The molecule has 0 saturated carbocycles. The Balaban J connectivity index is 2.29. The molecular weight excluding hydrogens is 224 g/mol. The first kappa shape index (κ1) is 11.3. The molecule has 17 heavy (non-hydrogen) atoms. The Hall–Kier alpha value is -2.24. The average molecular weight is 236 g/mol. The van der Waals surface area contributed by atoms with Gasteiger partial charge >= 0.3 is 5.97 Å². The van der Waals surface area contributed by atoms with Gasteiger partial charge in [0, 0.05) is 0 Å². The van der Waals surface area contributed by atoms with Crippen molar-refractivity contribution in [3.8, 4) is 5.75 Å². The van der Waals surface area contributed by atoms with E-state index in [1.54, 1.807) is 18.2 Å². The van der Waals surface area contributed by atoms with Gasteiger partial charge in [0.25, 0.3) is 0 Å². The number of para-hydroxylation sites is 1. The maximum atomic E-state index is 11.7. The second-order valence-corrected chi connectivity index (χ2v) is 3.67. The number of methoxy groups -OCH3 is 1. The van der Waals surface area contributed by atoms with Crippen molar-refractivity contribution in [2.75, 3.05) is 17.7 Å². The molecule has 0 bridgehead atoms. The van der Waals surface area contributed by atoms with Crippen molar-refractivity contribution in [2.45, 2.75) is 12.5 Å². The highest BCUT2D eigenvalue weighted by atomic mass is 16.5. The third kappa shape index (κ3) is 2.15. The summed E-state index contributed by atoms with van der Waals surface area (Å²) in [5.41, 5.74) is 1.21. The number of carbonyl (C=O) groups is 2. The Labute approximate surface area is 97.6 Å². The molecule has 1 aliphatic heterocycles. The zero-order chi connectivity index (χ0) is 12.4. The maximum absolute atomic E-state index is 11.7. The number of amides is 1. The Morgan fingerprint density at radius 2 is 2.29 bits per heavy atom. The van der Waals surface area contributed by atoms with Gasteiger partial charge in [0.05, 0.1) is 19.2 Å². The average Bonchev–Trinajstić information content (AvgIpc) is 2.29. The van der Waals surface area contributed by atoms with Crippen LogP contribution in [0.1, 0.15) is 6.42 Å². The Bertz CT molecular complexity index is 473. The van der Waals surface area contributed by atoms with Crippen molar-refractivity contribution >= 4 is 23.3 Å². The van der Waals surface area contributed by atoms with Crippen LogP contribution in [0.2, 0.25) is 0 Å². The van der Waals surface area contributed by atoms with Crippen LogP contribution in [0.5, 0.6) is 5.75 Å². The lowest BCUT2D eigenvalue weighted by Crippen LogP contribution is -2.40. The van der Waals surface area contributed by atoms with Crippen molar-refractivity contribution in [3.05, 3.63) is 18.2 Å². The highest BCUT2D eigenvalue weighted by Gasteiger charge is 2.28. The Kier molecular flexibility index (Phi) is 2.86. The number of anilines is 2. The fraction of sp³-hybridized carbons (Fsp3) is 0.273. The van der Waals surface area contributed by atoms with Gasteiger partial charge in [0.1, 0.15) is 17.5 Å². The molecule has 1 atom stereocenters. The topological polar surface area (TPSA) is 87.7 Å². The van der Waals surface area contributed by atoms with Gasteiger partial charge in [0.2, 0.25) is 5.91 Å². The molecule has 1 aliphatic rings. The van der Waals surface area contributed by atoms with Crippen LogP contribution >= 0.6 is 0 Å². The molecule has 0 saturated heterocycles. The number of aliphatic carboxylic acids is 1. The van der Waals surface area contributed by atoms with Crippen LogP contribution < -0.4 is 15.4 Å². The van der Waals surface area contributed by atoms with E-state index in [1.807, 2.05) is 0 Å².